The lowest BCUT2D eigenvalue weighted by Crippen LogP contribution is -2.19. The molecule has 6 heteroatoms. The van der Waals surface area contributed by atoms with Gasteiger partial charge in [0.1, 0.15) is 5.69 Å². The Kier molecular flexibility index (Phi) is 4.72. The Hall–Kier alpha value is -2.92. The highest BCUT2D eigenvalue weighted by atomic mass is 35.5. The summed E-state index contributed by atoms with van der Waals surface area (Å²) in [6, 6.07) is 18.6. The fourth-order valence-corrected chi connectivity index (χ4v) is 2.27. The second-order valence-corrected chi connectivity index (χ2v) is 5.61. The van der Waals surface area contributed by atoms with E-state index in [1.807, 2.05) is 49.4 Å². The Labute approximate surface area is 144 Å². The first-order valence-corrected chi connectivity index (χ1v) is 7.72. The van der Waals surface area contributed by atoms with E-state index >= 15 is 0 Å². The number of rotatable bonds is 4. The van der Waals surface area contributed by atoms with E-state index in [9.17, 15) is 4.79 Å². The van der Waals surface area contributed by atoms with Gasteiger partial charge in [0.05, 0.1) is 11.4 Å². The van der Waals surface area contributed by atoms with E-state index in [1.165, 1.54) is 0 Å². The van der Waals surface area contributed by atoms with E-state index in [4.69, 9.17) is 11.6 Å². The highest BCUT2D eigenvalue weighted by Crippen LogP contribution is 2.16. The number of benzene rings is 2. The fourth-order valence-electron chi connectivity index (χ4n) is 2.15. The molecule has 1 amide bonds. The number of aromatic amines is 1. The molecule has 120 valence electrons. The van der Waals surface area contributed by atoms with Crippen LogP contribution in [0.4, 0.5) is 0 Å². The van der Waals surface area contributed by atoms with Crippen LogP contribution in [0.25, 0.3) is 11.3 Å². The molecule has 0 saturated heterocycles. The Morgan fingerprint density at radius 1 is 1.12 bits per heavy atom. The number of H-pyrrole nitrogens is 1. The number of carbonyl (C=O) groups is 1. The lowest BCUT2D eigenvalue weighted by Gasteiger charge is -2.02. The Morgan fingerprint density at radius 3 is 2.54 bits per heavy atom. The highest BCUT2D eigenvalue weighted by molar-refractivity contribution is 6.30. The number of aromatic nitrogens is 2. The van der Waals surface area contributed by atoms with Gasteiger partial charge in [-0.3, -0.25) is 9.89 Å². The van der Waals surface area contributed by atoms with Crippen LogP contribution in [0.3, 0.4) is 0 Å². The van der Waals surface area contributed by atoms with E-state index in [-0.39, 0.29) is 5.91 Å². The molecule has 1 heterocycles. The Morgan fingerprint density at radius 2 is 1.83 bits per heavy atom. The molecule has 0 saturated carbocycles. The van der Waals surface area contributed by atoms with Gasteiger partial charge in [0, 0.05) is 10.6 Å². The molecule has 2 aromatic carbocycles. The van der Waals surface area contributed by atoms with Crippen molar-refractivity contribution < 1.29 is 4.79 Å². The Bertz CT molecular complexity index is 870. The Balaban J connectivity index is 1.70. The molecule has 24 heavy (non-hydrogen) atoms. The molecule has 0 aliphatic heterocycles. The van der Waals surface area contributed by atoms with Crippen LogP contribution in [-0.2, 0) is 0 Å². The summed E-state index contributed by atoms with van der Waals surface area (Å²) in [5.74, 6) is -0.349. The van der Waals surface area contributed by atoms with Gasteiger partial charge in [-0.25, -0.2) is 5.43 Å². The van der Waals surface area contributed by atoms with E-state index < -0.39 is 0 Å². The van der Waals surface area contributed by atoms with Crippen LogP contribution in [0, 0.1) is 0 Å². The lowest BCUT2D eigenvalue weighted by atomic mass is 10.1. The van der Waals surface area contributed by atoms with Crippen molar-refractivity contribution in [3.63, 3.8) is 0 Å². The molecule has 3 rings (SSSR count). The molecule has 2 N–H and O–H groups in total. The van der Waals surface area contributed by atoms with Crippen LogP contribution in [0.15, 0.2) is 65.8 Å². The van der Waals surface area contributed by atoms with Crippen molar-refractivity contribution in [2.75, 3.05) is 0 Å². The van der Waals surface area contributed by atoms with E-state index in [2.05, 4.69) is 20.7 Å². The normalized spacial score (nSPS) is 11.3. The molecule has 0 aliphatic rings. The summed E-state index contributed by atoms with van der Waals surface area (Å²) in [6.07, 6.45) is 0. The molecule has 5 nitrogen and oxygen atoms in total. The molecular formula is C18H15ClN4O. The van der Waals surface area contributed by atoms with Crippen LogP contribution in [0.2, 0.25) is 5.02 Å². The summed E-state index contributed by atoms with van der Waals surface area (Å²) in [6.45, 7) is 1.81. The van der Waals surface area contributed by atoms with Crippen LogP contribution < -0.4 is 5.43 Å². The molecule has 0 atom stereocenters. The van der Waals surface area contributed by atoms with Gasteiger partial charge >= 0.3 is 0 Å². The summed E-state index contributed by atoms with van der Waals surface area (Å²) < 4.78 is 0. The third kappa shape index (κ3) is 3.70. The SMILES string of the molecule is CC(=NNC(=O)c1cc(-c2ccccc2)n[nH]1)c1ccc(Cl)cc1. The molecule has 0 fully saturated rings. The van der Waals surface area contributed by atoms with Crippen molar-refractivity contribution in [2.24, 2.45) is 5.10 Å². The summed E-state index contributed by atoms with van der Waals surface area (Å²) in [7, 11) is 0. The number of carbonyl (C=O) groups excluding carboxylic acids is 1. The number of nitrogens with zero attached hydrogens (tertiary/aromatic N) is 2. The maximum atomic E-state index is 12.2. The van der Waals surface area contributed by atoms with Crippen molar-refractivity contribution in [3.8, 4) is 11.3 Å². The van der Waals surface area contributed by atoms with Gasteiger partial charge in [-0.2, -0.15) is 10.2 Å². The van der Waals surface area contributed by atoms with Gasteiger partial charge in [-0.1, -0.05) is 54.1 Å². The number of amides is 1. The van der Waals surface area contributed by atoms with Gasteiger partial charge in [-0.05, 0) is 30.7 Å². The van der Waals surface area contributed by atoms with Gasteiger partial charge in [0.2, 0.25) is 0 Å². The fraction of sp³-hybridized carbons (Fsp3) is 0.0556. The highest BCUT2D eigenvalue weighted by Gasteiger charge is 2.10. The zero-order chi connectivity index (χ0) is 16.9. The number of hydrazone groups is 1. The first-order valence-electron chi connectivity index (χ1n) is 7.35. The van der Waals surface area contributed by atoms with Crippen molar-refractivity contribution >= 4 is 23.2 Å². The van der Waals surface area contributed by atoms with Gasteiger partial charge in [0.25, 0.3) is 5.91 Å². The van der Waals surface area contributed by atoms with E-state index in [0.29, 0.717) is 22.1 Å². The van der Waals surface area contributed by atoms with Crippen molar-refractivity contribution in [1.82, 2.24) is 15.6 Å². The second-order valence-electron chi connectivity index (χ2n) is 5.18. The summed E-state index contributed by atoms with van der Waals surface area (Å²) in [5, 5.41) is 11.6. The maximum Gasteiger partial charge on any atom is 0.289 e. The second kappa shape index (κ2) is 7.10. The maximum absolute atomic E-state index is 12.2. The number of hydrogen-bond donors (Lipinski definition) is 2. The van der Waals surface area contributed by atoms with Crippen molar-refractivity contribution in [3.05, 3.63) is 76.9 Å². The molecule has 0 radical (unpaired) electrons. The van der Waals surface area contributed by atoms with Gasteiger partial charge < -0.3 is 0 Å². The van der Waals surface area contributed by atoms with Crippen molar-refractivity contribution in [1.29, 1.82) is 0 Å². The zero-order valence-corrected chi connectivity index (χ0v) is 13.7. The van der Waals surface area contributed by atoms with Crippen LogP contribution in [-0.4, -0.2) is 21.8 Å². The quantitative estimate of drug-likeness (QED) is 0.559. The predicted octanol–water partition coefficient (Wildman–Crippen LogP) is 3.88. The van der Waals surface area contributed by atoms with E-state index in [0.717, 1.165) is 11.1 Å². The van der Waals surface area contributed by atoms with Crippen molar-refractivity contribution in [2.45, 2.75) is 6.92 Å². The summed E-state index contributed by atoms with van der Waals surface area (Å²) in [5.41, 5.74) is 6.08. The molecule has 0 aliphatic carbocycles. The third-order valence-corrected chi connectivity index (χ3v) is 3.73. The monoisotopic (exact) mass is 338 g/mol. The summed E-state index contributed by atoms with van der Waals surface area (Å²) >= 11 is 5.86. The average molecular weight is 339 g/mol. The first-order chi connectivity index (χ1) is 11.6. The third-order valence-electron chi connectivity index (χ3n) is 3.48. The molecule has 0 unspecified atom stereocenters. The zero-order valence-electron chi connectivity index (χ0n) is 13.0. The molecule has 3 aromatic rings. The number of halogens is 1. The van der Waals surface area contributed by atoms with Crippen LogP contribution in [0.5, 0.6) is 0 Å². The lowest BCUT2D eigenvalue weighted by molar-refractivity contribution is 0.0950. The standard InChI is InChI=1S/C18H15ClN4O/c1-12(13-7-9-15(19)10-8-13)20-23-18(24)17-11-16(21-22-17)14-5-3-2-4-6-14/h2-11H,1H3,(H,21,22)(H,23,24). The average Bonchev–Trinajstić information content (AvgIpc) is 3.11. The molecule has 0 spiro atoms. The first kappa shape index (κ1) is 16.0. The molecule has 0 bridgehead atoms. The van der Waals surface area contributed by atoms with Crippen LogP contribution >= 0.6 is 11.6 Å². The minimum Gasteiger partial charge on any atom is -0.272 e. The molecule has 1 aromatic heterocycles. The number of nitrogens with one attached hydrogen (secondary N) is 2. The number of hydrogen-bond acceptors (Lipinski definition) is 3. The molecular weight excluding hydrogens is 324 g/mol. The van der Waals surface area contributed by atoms with Gasteiger partial charge in [-0.15, -0.1) is 0 Å². The van der Waals surface area contributed by atoms with E-state index in [1.54, 1.807) is 18.2 Å². The topological polar surface area (TPSA) is 70.1 Å². The largest absolute Gasteiger partial charge is 0.289 e. The minimum absolute atomic E-state index is 0.349. The van der Waals surface area contributed by atoms with Gasteiger partial charge in [0.15, 0.2) is 0 Å². The minimum atomic E-state index is -0.349. The smallest absolute Gasteiger partial charge is 0.272 e. The summed E-state index contributed by atoms with van der Waals surface area (Å²) in [4.78, 5) is 12.2. The van der Waals surface area contributed by atoms with Crippen LogP contribution in [0.1, 0.15) is 23.0 Å². The predicted molar refractivity (Wildman–Crippen MR) is 95.2 cm³/mol.